The van der Waals surface area contributed by atoms with Crippen LogP contribution >= 0.6 is 15.9 Å². The van der Waals surface area contributed by atoms with Gasteiger partial charge in [0.2, 0.25) is 0 Å². The molecule has 0 aliphatic rings. The lowest BCUT2D eigenvalue weighted by Crippen LogP contribution is -2.11. The van der Waals surface area contributed by atoms with Gasteiger partial charge in [0.25, 0.3) is 0 Å². The van der Waals surface area contributed by atoms with Gasteiger partial charge in [-0.05, 0) is 49.4 Å². The average Bonchev–Trinajstić information content (AvgIpc) is 2.89. The Labute approximate surface area is 122 Å². The summed E-state index contributed by atoms with van der Waals surface area (Å²) in [6.45, 7) is 2.98. The molecule has 1 atom stereocenters. The van der Waals surface area contributed by atoms with E-state index in [4.69, 9.17) is 4.74 Å². The number of aromatic nitrogens is 1. The van der Waals surface area contributed by atoms with Gasteiger partial charge in [0.1, 0.15) is 5.75 Å². The molecule has 0 saturated carbocycles. The summed E-state index contributed by atoms with van der Waals surface area (Å²) >= 11 is 3.59. The molecule has 0 bridgehead atoms. The molecule has 1 aromatic heterocycles. The van der Waals surface area contributed by atoms with Gasteiger partial charge >= 0.3 is 0 Å². The Morgan fingerprint density at radius 1 is 1.37 bits per heavy atom. The van der Waals surface area contributed by atoms with E-state index in [0.717, 1.165) is 16.8 Å². The van der Waals surface area contributed by atoms with Gasteiger partial charge in [-0.2, -0.15) is 0 Å². The summed E-state index contributed by atoms with van der Waals surface area (Å²) in [7, 11) is 3.66. The fourth-order valence-electron chi connectivity index (χ4n) is 1.98. The molecule has 19 heavy (non-hydrogen) atoms. The maximum atomic E-state index is 5.27. The standard InChI is InChI=1S/C15H19BrN2O/c1-11(17-2)12-6-7-18(9-12)10-13-8-14(19-3)4-5-15(13)16/h4-9,11,17H,10H2,1-3H3. The zero-order valence-electron chi connectivity index (χ0n) is 11.5. The highest BCUT2D eigenvalue weighted by Gasteiger charge is 2.07. The van der Waals surface area contributed by atoms with Crippen LogP contribution in [0.3, 0.4) is 0 Å². The number of halogens is 1. The van der Waals surface area contributed by atoms with E-state index in [1.165, 1.54) is 11.1 Å². The third kappa shape index (κ3) is 3.39. The molecule has 1 heterocycles. The minimum absolute atomic E-state index is 0.370. The quantitative estimate of drug-likeness (QED) is 0.910. The van der Waals surface area contributed by atoms with Crippen molar-refractivity contribution in [3.63, 3.8) is 0 Å². The summed E-state index contributed by atoms with van der Waals surface area (Å²) in [5.41, 5.74) is 2.50. The Morgan fingerprint density at radius 3 is 2.84 bits per heavy atom. The fraction of sp³-hybridized carbons (Fsp3) is 0.333. The second-order valence-electron chi connectivity index (χ2n) is 4.58. The smallest absolute Gasteiger partial charge is 0.119 e. The minimum atomic E-state index is 0.370. The van der Waals surface area contributed by atoms with Crippen molar-refractivity contribution in [3.8, 4) is 5.75 Å². The highest BCUT2D eigenvalue weighted by Crippen LogP contribution is 2.24. The molecule has 2 aromatic rings. The van der Waals surface area contributed by atoms with E-state index in [-0.39, 0.29) is 0 Å². The molecule has 0 spiro atoms. The van der Waals surface area contributed by atoms with Crippen LogP contribution in [0.1, 0.15) is 24.1 Å². The number of hydrogen-bond acceptors (Lipinski definition) is 2. The van der Waals surface area contributed by atoms with Gasteiger partial charge in [0.05, 0.1) is 7.11 Å². The topological polar surface area (TPSA) is 26.2 Å². The molecule has 0 radical (unpaired) electrons. The number of nitrogens with one attached hydrogen (secondary N) is 1. The second kappa shape index (κ2) is 6.26. The van der Waals surface area contributed by atoms with Gasteiger partial charge < -0.3 is 14.6 Å². The first-order chi connectivity index (χ1) is 9.13. The maximum absolute atomic E-state index is 5.27. The summed E-state index contributed by atoms with van der Waals surface area (Å²) < 4.78 is 8.55. The lowest BCUT2D eigenvalue weighted by molar-refractivity contribution is 0.414. The molecule has 1 aromatic carbocycles. The van der Waals surface area contributed by atoms with Crippen molar-refractivity contribution in [3.05, 3.63) is 52.3 Å². The Morgan fingerprint density at radius 2 is 2.16 bits per heavy atom. The molecular formula is C15H19BrN2O. The van der Waals surface area contributed by atoms with Crippen molar-refractivity contribution < 1.29 is 4.74 Å². The van der Waals surface area contributed by atoms with Crippen LogP contribution in [0.5, 0.6) is 5.75 Å². The van der Waals surface area contributed by atoms with Crippen molar-refractivity contribution in [1.29, 1.82) is 0 Å². The molecule has 0 aliphatic heterocycles. The van der Waals surface area contributed by atoms with E-state index < -0.39 is 0 Å². The first-order valence-corrected chi connectivity index (χ1v) is 7.08. The van der Waals surface area contributed by atoms with Crippen molar-refractivity contribution in [1.82, 2.24) is 9.88 Å². The number of rotatable bonds is 5. The summed E-state index contributed by atoms with van der Waals surface area (Å²) in [6, 6.07) is 8.56. The molecule has 2 rings (SSSR count). The largest absolute Gasteiger partial charge is 0.497 e. The van der Waals surface area contributed by atoms with Gasteiger partial charge in [0, 0.05) is 29.5 Å². The molecule has 0 fully saturated rings. The summed E-state index contributed by atoms with van der Waals surface area (Å²) in [5, 5.41) is 3.25. The summed E-state index contributed by atoms with van der Waals surface area (Å²) in [4.78, 5) is 0. The van der Waals surface area contributed by atoms with Gasteiger partial charge in [0.15, 0.2) is 0 Å². The van der Waals surface area contributed by atoms with E-state index >= 15 is 0 Å². The lowest BCUT2D eigenvalue weighted by Gasteiger charge is -2.09. The summed E-state index contributed by atoms with van der Waals surface area (Å²) in [5.74, 6) is 0.883. The van der Waals surface area contributed by atoms with Crippen LogP contribution < -0.4 is 10.1 Å². The fourth-order valence-corrected chi connectivity index (χ4v) is 2.35. The second-order valence-corrected chi connectivity index (χ2v) is 5.44. The van der Waals surface area contributed by atoms with E-state index in [1.54, 1.807) is 7.11 Å². The first kappa shape index (κ1) is 14.2. The Bertz CT molecular complexity index is 551. The zero-order chi connectivity index (χ0) is 13.8. The van der Waals surface area contributed by atoms with Crippen molar-refractivity contribution in [2.24, 2.45) is 0 Å². The molecule has 0 saturated heterocycles. The number of nitrogens with zero attached hydrogens (tertiary/aromatic N) is 1. The van der Waals surface area contributed by atoms with Crippen LogP contribution in [-0.4, -0.2) is 18.7 Å². The van der Waals surface area contributed by atoms with Crippen LogP contribution in [0.25, 0.3) is 0 Å². The Hall–Kier alpha value is -1.26. The number of methoxy groups -OCH3 is 1. The van der Waals surface area contributed by atoms with E-state index in [1.807, 2.05) is 19.2 Å². The van der Waals surface area contributed by atoms with E-state index in [2.05, 4.69) is 57.3 Å². The van der Waals surface area contributed by atoms with Crippen LogP contribution in [0.4, 0.5) is 0 Å². The monoisotopic (exact) mass is 322 g/mol. The van der Waals surface area contributed by atoms with Gasteiger partial charge in [-0.1, -0.05) is 15.9 Å². The maximum Gasteiger partial charge on any atom is 0.119 e. The van der Waals surface area contributed by atoms with Crippen LogP contribution in [0.2, 0.25) is 0 Å². The molecule has 1 unspecified atom stereocenters. The Kier molecular flexibility index (Phi) is 4.66. The molecule has 3 nitrogen and oxygen atoms in total. The Balaban J connectivity index is 2.19. The third-order valence-electron chi connectivity index (χ3n) is 3.31. The molecular weight excluding hydrogens is 304 g/mol. The highest BCUT2D eigenvalue weighted by atomic mass is 79.9. The number of hydrogen-bond donors (Lipinski definition) is 1. The minimum Gasteiger partial charge on any atom is -0.497 e. The van der Waals surface area contributed by atoms with Crippen LogP contribution in [0, 0.1) is 0 Å². The molecule has 0 aliphatic carbocycles. The number of benzene rings is 1. The van der Waals surface area contributed by atoms with Gasteiger partial charge in [-0.15, -0.1) is 0 Å². The first-order valence-electron chi connectivity index (χ1n) is 6.29. The van der Waals surface area contributed by atoms with Crippen LogP contribution in [-0.2, 0) is 6.54 Å². The van der Waals surface area contributed by atoms with Gasteiger partial charge in [-0.3, -0.25) is 0 Å². The van der Waals surface area contributed by atoms with Crippen molar-refractivity contribution in [2.75, 3.05) is 14.2 Å². The predicted molar refractivity (Wildman–Crippen MR) is 81.7 cm³/mol. The zero-order valence-corrected chi connectivity index (χ0v) is 13.1. The van der Waals surface area contributed by atoms with E-state index in [9.17, 15) is 0 Å². The molecule has 102 valence electrons. The van der Waals surface area contributed by atoms with Crippen molar-refractivity contribution in [2.45, 2.75) is 19.5 Å². The van der Waals surface area contributed by atoms with E-state index in [0.29, 0.717) is 6.04 Å². The summed E-state index contributed by atoms with van der Waals surface area (Å²) in [6.07, 6.45) is 4.28. The van der Waals surface area contributed by atoms with Crippen molar-refractivity contribution >= 4 is 15.9 Å². The number of ether oxygens (including phenoxy) is 1. The SMILES string of the molecule is CNC(C)c1ccn(Cc2cc(OC)ccc2Br)c1. The molecule has 4 heteroatoms. The molecule has 0 amide bonds. The molecule has 1 N–H and O–H groups in total. The average molecular weight is 323 g/mol. The predicted octanol–water partition coefficient (Wildman–Crippen LogP) is 3.59. The lowest BCUT2D eigenvalue weighted by atomic mass is 10.2. The highest BCUT2D eigenvalue weighted by molar-refractivity contribution is 9.10. The van der Waals surface area contributed by atoms with Crippen LogP contribution in [0.15, 0.2) is 41.1 Å². The third-order valence-corrected chi connectivity index (χ3v) is 4.09. The van der Waals surface area contributed by atoms with Gasteiger partial charge in [-0.25, -0.2) is 0 Å². The normalized spacial score (nSPS) is 12.4.